The molecule has 0 N–H and O–H groups in total. The van der Waals surface area contributed by atoms with Crippen LogP contribution in [0.4, 0.5) is 0 Å². The fourth-order valence-corrected chi connectivity index (χ4v) is 3.69. The number of hydrogen-bond acceptors (Lipinski definition) is 4. The van der Waals surface area contributed by atoms with Crippen LogP contribution in [0.15, 0.2) is 36.4 Å². The summed E-state index contributed by atoms with van der Waals surface area (Å²) >= 11 is 0. The Labute approximate surface area is 195 Å². The van der Waals surface area contributed by atoms with Crippen LogP contribution in [0.3, 0.4) is 0 Å². The molecule has 0 aliphatic carbocycles. The second-order valence-corrected chi connectivity index (χ2v) is 8.10. The highest BCUT2D eigenvalue weighted by Gasteiger charge is 2.20. The van der Waals surface area contributed by atoms with E-state index in [9.17, 15) is 0 Å². The van der Waals surface area contributed by atoms with Gasteiger partial charge in [0.15, 0.2) is 0 Å². The van der Waals surface area contributed by atoms with E-state index in [0.717, 1.165) is 52.1 Å². The van der Waals surface area contributed by atoms with E-state index in [2.05, 4.69) is 64.1 Å². The minimum absolute atomic E-state index is 0.560. The largest absolute Gasteiger partial charge is 0.377 e. The van der Waals surface area contributed by atoms with Gasteiger partial charge in [-0.3, -0.25) is 0 Å². The van der Waals surface area contributed by atoms with Gasteiger partial charge < -0.3 is 18.9 Å². The monoisotopic (exact) mass is 442 g/mol. The number of benzene rings is 2. The van der Waals surface area contributed by atoms with Crippen LogP contribution in [0.5, 0.6) is 0 Å². The van der Waals surface area contributed by atoms with Crippen molar-refractivity contribution in [1.82, 2.24) is 0 Å². The molecule has 178 valence electrons. The zero-order valence-electron chi connectivity index (χ0n) is 20.6. The lowest BCUT2D eigenvalue weighted by molar-refractivity contribution is 0.0949. The fraction of sp³-hybridized carbons (Fsp3) is 0.571. The Bertz CT molecular complexity index is 758. The quantitative estimate of drug-likeness (QED) is 0.246. The Kier molecular flexibility index (Phi) is 13.2. The van der Waals surface area contributed by atoms with Crippen LogP contribution < -0.4 is 0 Å². The molecule has 0 fully saturated rings. The van der Waals surface area contributed by atoms with Crippen LogP contribution in [0, 0.1) is 0 Å². The molecular formula is C28H42O4. The summed E-state index contributed by atoms with van der Waals surface area (Å²) in [6.45, 7) is 13.8. The van der Waals surface area contributed by atoms with Crippen LogP contribution in [0.1, 0.15) is 75.6 Å². The van der Waals surface area contributed by atoms with E-state index in [1.54, 1.807) is 0 Å². The van der Waals surface area contributed by atoms with Gasteiger partial charge in [-0.1, -0.05) is 58.0 Å². The van der Waals surface area contributed by atoms with Crippen LogP contribution >= 0.6 is 0 Å². The van der Waals surface area contributed by atoms with E-state index >= 15 is 0 Å². The first-order chi connectivity index (χ1) is 15.8. The lowest BCUT2D eigenvalue weighted by Gasteiger charge is -2.23. The topological polar surface area (TPSA) is 36.9 Å². The number of rotatable bonds is 17. The van der Waals surface area contributed by atoms with E-state index in [0.29, 0.717) is 26.4 Å². The molecule has 2 rings (SSSR count). The van der Waals surface area contributed by atoms with E-state index in [-0.39, 0.29) is 0 Å². The van der Waals surface area contributed by atoms with Crippen molar-refractivity contribution in [1.29, 1.82) is 0 Å². The van der Waals surface area contributed by atoms with Crippen molar-refractivity contribution in [2.45, 2.75) is 79.8 Å². The lowest BCUT2D eigenvalue weighted by atomic mass is 9.89. The van der Waals surface area contributed by atoms with Gasteiger partial charge >= 0.3 is 0 Å². The maximum Gasteiger partial charge on any atom is 0.0726 e. The molecule has 4 nitrogen and oxygen atoms in total. The van der Waals surface area contributed by atoms with E-state index in [4.69, 9.17) is 18.9 Å². The van der Waals surface area contributed by atoms with Gasteiger partial charge in [0, 0.05) is 26.4 Å². The molecule has 0 aliphatic rings. The smallest absolute Gasteiger partial charge is 0.0726 e. The van der Waals surface area contributed by atoms with Gasteiger partial charge in [0.1, 0.15) is 0 Å². The van der Waals surface area contributed by atoms with Gasteiger partial charge in [0.2, 0.25) is 0 Å². The van der Waals surface area contributed by atoms with Crippen LogP contribution in [0.25, 0.3) is 11.1 Å². The molecule has 2 aromatic rings. The van der Waals surface area contributed by atoms with Crippen LogP contribution in [-0.2, 0) is 45.4 Å². The average molecular weight is 443 g/mol. The highest BCUT2D eigenvalue weighted by Crippen LogP contribution is 2.34. The van der Waals surface area contributed by atoms with Crippen molar-refractivity contribution < 1.29 is 18.9 Å². The maximum absolute atomic E-state index is 6.08. The Balaban J connectivity index is 2.60. The van der Waals surface area contributed by atoms with E-state index in [1.807, 2.05) is 0 Å². The van der Waals surface area contributed by atoms with Gasteiger partial charge in [-0.05, 0) is 65.1 Å². The van der Waals surface area contributed by atoms with Gasteiger partial charge in [0.05, 0.1) is 26.4 Å². The molecule has 0 spiro atoms. The third kappa shape index (κ3) is 8.32. The van der Waals surface area contributed by atoms with Crippen molar-refractivity contribution in [3.63, 3.8) is 0 Å². The van der Waals surface area contributed by atoms with Gasteiger partial charge in [-0.25, -0.2) is 0 Å². The standard InChI is InChI=1S/C28H42O4/c1-5-14-29-19-24-18-25(23-12-10-9-11-13-23)27(21-31-16-7-3)28(22-32-17-8-4)26(24)20-30-15-6-2/h9-13,18H,5-8,14-17,19-22H2,1-4H3. The van der Waals surface area contributed by atoms with Crippen LogP contribution in [-0.4, -0.2) is 26.4 Å². The molecular weight excluding hydrogens is 400 g/mol. The summed E-state index contributed by atoms with van der Waals surface area (Å²) in [6.07, 6.45) is 3.99. The molecule has 0 saturated heterocycles. The number of hydrogen-bond donors (Lipinski definition) is 0. The molecule has 0 saturated carbocycles. The predicted molar refractivity (Wildman–Crippen MR) is 132 cm³/mol. The third-order valence-electron chi connectivity index (χ3n) is 5.24. The second kappa shape index (κ2) is 16.0. The zero-order chi connectivity index (χ0) is 23.0. The summed E-state index contributed by atoms with van der Waals surface area (Å²) in [4.78, 5) is 0. The van der Waals surface area contributed by atoms with Gasteiger partial charge in [-0.2, -0.15) is 0 Å². The summed E-state index contributed by atoms with van der Waals surface area (Å²) in [5.74, 6) is 0. The Morgan fingerprint density at radius 2 is 1.00 bits per heavy atom. The summed E-state index contributed by atoms with van der Waals surface area (Å²) in [5.41, 5.74) is 7.17. The average Bonchev–Trinajstić information content (AvgIpc) is 2.82. The summed E-state index contributed by atoms with van der Waals surface area (Å²) in [7, 11) is 0. The molecule has 0 atom stereocenters. The van der Waals surface area contributed by atoms with Crippen molar-refractivity contribution >= 4 is 0 Å². The molecule has 32 heavy (non-hydrogen) atoms. The summed E-state index contributed by atoms with van der Waals surface area (Å²) < 4.78 is 24.2. The predicted octanol–water partition coefficient (Wildman–Crippen LogP) is 7.06. The molecule has 0 heterocycles. The SMILES string of the molecule is CCCOCc1cc(-c2ccccc2)c(COCCC)c(COCCC)c1COCCC. The highest BCUT2D eigenvalue weighted by molar-refractivity contribution is 5.71. The molecule has 0 unspecified atom stereocenters. The van der Waals surface area contributed by atoms with E-state index < -0.39 is 0 Å². The third-order valence-corrected chi connectivity index (χ3v) is 5.24. The minimum Gasteiger partial charge on any atom is -0.377 e. The summed E-state index contributed by atoms with van der Waals surface area (Å²) in [5, 5.41) is 0. The van der Waals surface area contributed by atoms with Crippen LogP contribution in [0.2, 0.25) is 0 Å². The second-order valence-electron chi connectivity index (χ2n) is 8.10. The molecule has 0 bridgehead atoms. The van der Waals surface area contributed by atoms with Crippen molar-refractivity contribution in [2.24, 2.45) is 0 Å². The van der Waals surface area contributed by atoms with Crippen molar-refractivity contribution in [3.05, 3.63) is 58.7 Å². The molecule has 0 aliphatic heterocycles. The molecule has 0 amide bonds. The first-order valence-electron chi connectivity index (χ1n) is 12.3. The van der Waals surface area contributed by atoms with Crippen molar-refractivity contribution in [3.8, 4) is 11.1 Å². The Hall–Kier alpha value is -1.72. The van der Waals surface area contributed by atoms with Gasteiger partial charge in [-0.15, -0.1) is 0 Å². The lowest BCUT2D eigenvalue weighted by Crippen LogP contribution is -2.13. The van der Waals surface area contributed by atoms with Gasteiger partial charge in [0.25, 0.3) is 0 Å². The summed E-state index contributed by atoms with van der Waals surface area (Å²) in [6, 6.07) is 12.8. The highest BCUT2D eigenvalue weighted by atomic mass is 16.5. The Morgan fingerprint density at radius 3 is 1.53 bits per heavy atom. The molecule has 0 radical (unpaired) electrons. The normalized spacial score (nSPS) is 11.2. The molecule has 0 aromatic heterocycles. The maximum atomic E-state index is 6.08. The molecule has 2 aromatic carbocycles. The fourth-order valence-electron chi connectivity index (χ4n) is 3.69. The Morgan fingerprint density at radius 1 is 0.531 bits per heavy atom. The first kappa shape index (κ1) is 26.5. The van der Waals surface area contributed by atoms with E-state index in [1.165, 1.54) is 33.4 Å². The van der Waals surface area contributed by atoms with Crippen molar-refractivity contribution in [2.75, 3.05) is 26.4 Å². The number of ether oxygens (including phenoxy) is 4. The first-order valence-corrected chi connectivity index (χ1v) is 12.3. The zero-order valence-corrected chi connectivity index (χ0v) is 20.6. The minimum atomic E-state index is 0.560. The molecule has 4 heteroatoms.